The Hall–Kier alpha value is -0.530. The summed E-state index contributed by atoms with van der Waals surface area (Å²) in [6.07, 6.45) is 4.64. The van der Waals surface area contributed by atoms with Crippen molar-refractivity contribution in [2.24, 2.45) is 11.7 Å². The molecule has 0 heterocycles. The Morgan fingerprint density at radius 1 is 1.53 bits per heavy atom. The first-order valence-electron chi connectivity index (χ1n) is 5.67. The van der Waals surface area contributed by atoms with Crippen molar-refractivity contribution in [3.8, 4) is 0 Å². The molecule has 1 aliphatic rings. The van der Waals surface area contributed by atoms with E-state index in [2.05, 4.69) is 13.0 Å². The van der Waals surface area contributed by atoms with Crippen LogP contribution in [-0.4, -0.2) is 5.54 Å². The highest BCUT2D eigenvalue weighted by atomic mass is 35.5. The maximum Gasteiger partial charge on any atom is 0.0408 e. The Morgan fingerprint density at radius 2 is 2.33 bits per heavy atom. The highest BCUT2D eigenvalue weighted by Gasteiger charge is 2.49. The summed E-state index contributed by atoms with van der Waals surface area (Å²) in [7, 11) is 0. The maximum absolute atomic E-state index is 6.32. The smallest absolute Gasteiger partial charge is 0.0408 e. The maximum atomic E-state index is 6.32. The summed E-state index contributed by atoms with van der Waals surface area (Å²) in [6, 6.07) is 8.04. The molecule has 0 amide bonds. The topological polar surface area (TPSA) is 26.0 Å². The third-order valence-electron chi connectivity index (χ3n) is 3.34. The minimum Gasteiger partial charge on any atom is -0.325 e. The molecule has 0 aliphatic heterocycles. The van der Waals surface area contributed by atoms with Gasteiger partial charge in [-0.3, -0.25) is 0 Å². The van der Waals surface area contributed by atoms with Crippen LogP contribution in [-0.2, 0) is 6.42 Å². The normalized spacial score (nSPS) is 29.1. The molecular weight excluding hydrogens is 206 g/mol. The summed E-state index contributed by atoms with van der Waals surface area (Å²) < 4.78 is 0. The van der Waals surface area contributed by atoms with Gasteiger partial charge in [0.05, 0.1) is 0 Å². The van der Waals surface area contributed by atoms with Gasteiger partial charge in [-0.1, -0.05) is 37.1 Å². The van der Waals surface area contributed by atoms with E-state index >= 15 is 0 Å². The van der Waals surface area contributed by atoms with Crippen LogP contribution in [0.25, 0.3) is 0 Å². The molecule has 1 saturated carbocycles. The standard InChI is InChI=1S/C13H18ClN/c1-2-4-11-9-13(11,15)8-10-5-3-6-12(14)7-10/h3,5-7,11H,2,4,8-9,15H2,1H3. The first-order valence-corrected chi connectivity index (χ1v) is 6.05. The van der Waals surface area contributed by atoms with Crippen molar-refractivity contribution in [2.75, 3.05) is 0 Å². The van der Waals surface area contributed by atoms with Crippen molar-refractivity contribution < 1.29 is 0 Å². The molecule has 2 atom stereocenters. The molecule has 2 N–H and O–H groups in total. The van der Waals surface area contributed by atoms with Crippen LogP contribution in [0.2, 0.25) is 5.02 Å². The van der Waals surface area contributed by atoms with Gasteiger partial charge in [0.2, 0.25) is 0 Å². The van der Waals surface area contributed by atoms with E-state index in [-0.39, 0.29) is 5.54 Å². The molecule has 15 heavy (non-hydrogen) atoms. The molecule has 0 bridgehead atoms. The average Bonchev–Trinajstić information content (AvgIpc) is 2.76. The van der Waals surface area contributed by atoms with Crippen LogP contribution in [0.4, 0.5) is 0 Å². The van der Waals surface area contributed by atoms with Gasteiger partial charge in [-0.05, 0) is 42.9 Å². The molecular formula is C13H18ClN. The summed E-state index contributed by atoms with van der Waals surface area (Å²) in [5.74, 6) is 0.724. The molecule has 0 saturated heterocycles. The molecule has 1 aromatic carbocycles. The number of benzene rings is 1. The van der Waals surface area contributed by atoms with Crippen molar-refractivity contribution in [2.45, 2.75) is 38.1 Å². The highest BCUT2D eigenvalue weighted by molar-refractivity contribution is 6.30. The lowest BCUT2D eigenvalue weighted by molar-refractivity contribution is 0.556. The van der Waals surface area contributed by atoms with Gasteiger partial charge in [-0.15, -0.1) is 0 Å². The van der Waals surface area contributed by atoms with Gasteiger partial charge in [0.1, 0.15) is 0 Å². The highest BCUT2D eigenvalue weighted by Crippen LogP contribution is 2.46. The van der Waals surface area contributed by atoms with E-state index in [9.17, 15) is 0 Å². The minimum atomic E-state index is 0.0562. The lowest BCUT2D eigenvalue weighted by Gasteiger charge is -2.11. The Bertz CT molecular complexity index is 350. The molecule has 0 aromatic heterocycles. The third-order valence-corrected chi connectivity index (χ3v) is 3.57. The van der Waals surface area contributed by atoms with Gasteiger partial charge in [0.15, 0.2) is 0 Å². The molecule has 82 valence electrons. The fourth-order valence-electron chi connectivity index (χ4n) is 2.38. The lowest BCUT2D eigenvalue weighted by atomic mass is 10.0. The number of halogens is 1. The monoisotopic (exact) mass is 223 g/mol. The van der Waals surface area contributed by atoms with Gasteiger partial charge >= 0.3 is 0 Å². The van der Waals surface area contributed by atoms with Crippen molar-refractivity contribution >= 4 is 11.6 Å². The van der Waals surface area contributed by atoms with Gasteiger partial charge in [-0.25, -0.2) is 0 Å². The van der Waals surface area contributed by atoms with E-state index in [0.717, 1.165) is 17.4 Å². The fraction of sp³-hybridized carbons (Fsp3) is 0.538. The molecule has 0 spiro atoms. The van der Waals surface area contributed by atoms with Gasteiger partial charge < -0.3 is 5.73 Å². The van der Waals surface area contributed by atoms with Crippen LogP contribution in [0.5, 0.6) is 0 Å². The van der Waals surface area contributed by atoms with E-state index in [1.54, 1.807) is 0 Å². The predicted octanol–water partition coefficient (Wildman–Crippen LogP) is 3.40. The molecule has 1 fully saturated rings. The first kappa shape index (κ1) is 11.0. The number of rotatable bonds is 4. The van der Waals surface area contributed by atoms with Gasteiger partial charge in [0, 0.05) is 10.6 Å². The van der Waals surface area contributed by atoms with E-state index in [0.29, 0.717) is 0 Å². The van der Waals surface area contributed by atoms with Crippen molar-refractivity contribution in [1.82, 2.24) is 0 Å². The van der Waals surface area contributed by atoms with Crippen molar-refractivity contribution in [3.05, 3.63) is 34.9 Å². The van der Waals surface area contributed by atoms with Crippen molar-refractivity contribution in [1.29, 1.82) is 0 Å². The molecule has 1 nitrogen and oxygen atoms in total. The summed E-state index contributed by atoms with van der Waals surface area (Å²) in [5, 5.41) is 0.809. The van der Waals surface area contributed by atoms with Crippen LogP contribution in [0.15, 0.2) is 24.3 Å². The third kappa shape index (κ3) is 2.53. The Labute approximate surface area is 96.6 Å². The second-order valence-corrected chi connectivity index (χ2v) is 5.17. The molecule has 1 aliphatic carbocycles. The van der Waals surface area contributed by atoms with Gasteiger partial charge in [-0.2, -0.15) is 0 Å². The molecule has 2 heteroatoms. The lowest BCUT2D eigenvalue weighted by Crippen LogP contribution is -2.27. The average molecular weight is 224 g/mol. The van der Waals surface area contributed by atoms with Crippen LogP contribution >= 0.6 is 11.6 Å². The summed E-state index contributed by atoms with van der Waals surface area (Å²) in [5.41, 5.74) is 7.64. The van der Waals surface area contributed by atoms with Crippen LogP contribution in [0, 0.1) is 5.92 Å². The van der Waals surface area contributed by atoms with E-state index in [4.69, 9.17) is 17.3 Å². The van der Waals surface area contributed by atoms with Gasteiger partial charge in [0.25, 0.3) is 0 Å². The van der Waals surface area contributed by atoms with Crippen molar-refractivity contribution in [3.63, 3.8) is 0 Å². The number of hydrogen-bond donors (Lipinski definition) is 1. The van der Waals surface area contributed by atoms with Crippen LogP contribution < -0.4 is 5.73 Å². The number of nitrogens with two attached hydrogens (primary N) is 1. The van der Waals surface area contributed by atoms with E-state index in [1.165, 1.54) is 24.8 Å². The van der Waals surface area contributed by atoms with Crippen LogP contribution in [0.3, 0.4) is 0 Å². The fourth-order valence-corrected chi connectivity index (χ4v) is 2.59. The zero-order chi connectivity index (χ0) is 10.9. The predicted molar refractivity (Wildman–Crippen MR) is 65.1 cm³/mol. The second kappa shape index (κ2) is 4.15. The largest absolute Gasteiger partial charge is 0.325 e. The SMILES string of the molecule is CCCC1CC1(N)Cc1cccc(Cl)c1. The Balaban J connectivity index is 1.98. The Morgan fingerprint density at radius 3 is 3.00 bits per heavy atom. The summed E-state index contributed by atoms with van der Waals surface area (Å²) >= 11 is 5.95. The second-order valence-electron chi connectivity index (χ2n) is 4.73. The molecule has 2 rings (SSSR count). The molecule has 2 unspecified atom stereocenters. The number of hydrogen-bond acceptors (Lipinski definition) is 1. The van der Waals surface area contributed by atoms with E-state index in [1.807, 2.05) is 18.2 Å². The zero-order valence-corrected chi connectivity index (χ0v) is 9.93. The summed E-state index contributed by atoms with van der Waals surface area (Å²) in [4.78, 5) is 0. The quantitative estimate of drug-likeness (QED) is 0.832. The van der Waals surface area contributed by atoms with Crippen LogP contribution in [0.1, 0.15) is 31.7 Å². The van der Waals surface area contributed by atoms with E-state index < -0.39 is 0 Å². The Kier molecular flexibility index (Phi) is 3.03. The molecule has 1 aromatic rings. The minimum absolute atomic E-state index is 0.0562. The first-order chi connectivity index (χ1) is 7.14. The zero-order valence-electron chi connectivity index (χ0n) is 9.17. The summed E-state index contributed by atoms with van der Waals surface area (Å²) in [6.45, 7) is 2.22. The molecule has 0 radical (unpaired) electrons.